The van der Waals surface area contributed by atoms with Crippen molar-refractivity contribution < 1.29 is 14.6 Å². The van der Waals surface area contributed by atoms with Gasteiger partial charge in [-0.1, -0.05) is 30.3 Å². The summed E-state index contributed by atoms with van der Waals surface area (Å²) >= 11 is 1.32. The minimum atomic E-state index is -0.754. The van der Waals surface area contributed by atoms with E-state index in [1.807, 2.05) is 30.3 Å². The van der Waals surface area contributed by atoms with Gasteiger partial charge in [-0.15, -0.1) is 11.3 Å². The molecule has 1 N–H and O–H groups in total. The molecule has 7 nitrogen and oxygen atoms in total. The summed E-state index contributed by atoms with van der Waals surface area (Å²) in [5.74, 6) is -1.08. The lowest BCUT2D eigenvalue weighted by Gasteiger charge is -2.14. The number of nitrogens with zero attached hydrogens (tertiary/aromatic N) is 3. The largest absolute Gasteiger partial charge is 0.505 e. The maximum atomic E-state index is 13.2. The standard InChI is InChI=1S/C20H15N3O4S/c1-27-20(26)16-17(24)13-9-14(18-21-7-8-28-18)19(25)23(15(13)10-22-16)11-12-5-3-2-4-6-12/h2-10,24H,11H2,1H3. The normalized spacial score (nSPS) is 10.9. The minimum absolute atomic E-state index is 0.204. The molecule has 0 amide bonds. The molecular weight excluding hydrogens is 378 g/mol. The van der Waals surface area contributed by atoms with Crippen molar-refractivity contribution in [1.29, 1.82) is 0 Å². The number of fused-ring (bicyclic) bond motifs is 1. The van der Waals surface area contributed by atoms with E-state index in [0.29, 0.717) is 21.5 Å². The molecule has 3 heterocycles. The van der Waals surface area contributed by atoms with Crippen LogP contribution in [0.2, 0.25) is 0 Å². The highest BCUT2D eigenvalue weighted by molar-refractivity contribution is 7.13. The highest BCUT2D eigenvalue weighted by Crippen LogP contribution is 2.30. The fraction of sp³-hybridized carbons (Fsp3) is 0.100. The quantitative estimate of drug-likeness (QED) is 0.536. The number of ether oxygens (including phenoxy) is 1. The van der Waals surface area contributed by atoms with Crippen molar-refractivity contribution >= 4 is 28.2 Å². The van der Waals surface area contributed by atoms with Crippen LogP contribution >= 0.6 is 11.3 Å². The maximum Gasteiger partial charge on any atom is 0.360 e. The van der Waals surface area contributed by atoms with Gasteiger partial charge in [0.1, 0.15) is 5.01 Å². The molecule has 0 aliphatic heterocycles. The molecule has 1 aromatic carbocycles. The second kappa shape index (κ2) is 7.24. The fourth-order valence-electron chi connectivity index (χ4n) is 3.00. The Morgan fingerprint density at radius 1 is 1.25 bits per heavy atom. The smallest absolute Gasteiger partial charge is 0.360 e. The summed E-state index contributed by atoms with van der Waals surface area (Å²) in [4.78, 5) is 33.3. The summed E-state index contributed by atoms with van der Waals surface area (Å²) in [6.07, 6.45) is 3.01. The van der Waals surface area contributed by atoms with Crippen LogP contribution in [0.25, 0.3) is 21.5 Å². The lowest BCUT2D eigenvalue weighted by atomic mass is 10.1. The van der Waals surface area contributed by atoms with E-state index in [-0.39, 0.29) is 23.5 Å². The highest BCUT2D eigenvalue weighted by atomic mass is 32.1. The first-order valence-corrected chi connectivity index (χ1v) is 9.25. The number of carbonyl (C=O) groups is 1. The second-order valence-electron chi connectivity index (χ2n) is 6.02. The summed E-state index contributed by atoms with van der Waals surface area (Å²) in [7, 11) is 1.21. The van der Waals surface area contributed by atoms with E-state index < -0.39 is 5.97 Å². The number of benzene rings is 1. The summed E-state index contributed by atoms with van der Waals surface area (Å²) < 4.78 is 6.20. The Morgan fingerprint density at radius 3 is 2.71 bits per heavy atom. The molecule has 140 valence electrons. The van der Waals surface area contributed by atoms with Gasteiger partial charge in [0, 0.05) is 17.0 Å². The van der Waals surface area contributed by atoms with Crippen LogP contribution < -0.4 is 5.56 Å². The predicted octanol–water partition coefficient (Wildman–Crippen LogP) is 3.06. The average molecular weight is 393 g/mol. The van der Waals surface area contributed by atoms with Gasteiger partial charge in [-0.3, -0.25) is 4.79 Å². The van der Waals surface area contributed by atoms with Crippen LogP contribution in [0, 0.1) is 0 Å². The van der Waals surface area contributed by atoms with Crippen LogP contribution in [0.5, 0.6) is 5.75 Å². The van der Waals surface area contributed by atoms with E-state index in [9.17, 15) is 14.7 Å². The first-order valence-electron chi connectivity index (χ1n) is 8.37. The maximum absolute atomic E-state index is 13.2. The Bertz CT molecular complexity index is 1220. The number of rotatable bonds is 4. The monoisotopic (exact) mass is 393 g/mol. The number of pyridine rings is 2. The second-order valence-corrected chi connectivity index (χ2v) is 6.91. The summed E-state index contributed by atoms with van der Waals surface area (Å²) in [5, 5.41) is 13.3. The van der Waals surface area contributed by atoms with Gasteiger partial charge in [0.25, 0.3) is 5.56 Å². The van der Waals surface area contributed by atoms with Crippen molar-refractivity contribution in [2.24, 2.45) is 0 Å². The zero-order chi connectivity index (χ0) is 19.7. The Labute approximate surface area is 163 Å². The van der Waals surface area contributed by atoms with Crippen LogP contribution in [0.4, 0.5) is 0 Å². The van der Waals surface area contributed by atoms with Crippen molar-refractivity contribution in [1.82, 2.24) is 14.5 Å². The van der Waals surface area contributed by atoms with E-state index in [2.05, 4.69) is 14.7 Å². The molecule has 0 aliphatic rings. The van der Waals surface area contributed by atoms with E-state index in [4.69, 9.17) is 0 Å². The molecule has 0 fully saturated rings. The molecule has 0 unspecified atom stereocenters. The van der Waals surface area contributed by atoms with Crippen molar-refractivity contribution in [3.8, 4) is 16.3 Å². The van der Waals surface area contributed by atoms with Gasteiger partial charge < -0.3 is 14.4 Å². The number of hydrogen-bond acceptors (Lipinski definition) is 7. The molecule has 0 saturated heterocycles. The zero-order valence-electron chi connectivity index (χ0n) is 14.8. The topological polar surface area (TPSA) is 94.3 Å². The van der Waals surface area contributed by atoms with Crippen molar-refractivity contribution in [2.45, 2.75) is 6.54 Å². The van der Waals surface area contributed by atoms with Crippen LogP contribution in [0.15, 0.2) is 59.0 Å². The molecule has 0 atom stereocenters. The third-order valence-corrected chi connectivity index (χ3v) is 5.16. The van der Waals surface area contributed by atoms with Crippen molar-refractivity contribution in [3.05, 3.63) is 75.8 Å². The zero-order valence-corrected chi connectivity index (χ0v) is 15.6. The van der Waals surface area contributed by atoms with Gasteiger partial charge in [0.2, 0.25) is 0 Å². The Morgan fingerprint density at radius 2 is 2.04 bits per heavy atom. The Kier molecular flexibility index (Phi) is 4.62. The van der Waals surface area contributed by atoms with Gasteiger partial charge in [-0.2, -0.15) is 0 Å². The van der Waals surface area contributed by atoms with Gasteiger partial charge in [0.05, 0.1) is 30.9 Å². The van der Waals surface area contributed by atoms with Crippen molar-refractivity contribution in [2.75, 3.05) is 7.11 Å². The molecule has 0 radical (unpaired) electrons. The van der Waals surface area contributed by atoms with E-state index in [1.165, 1.54) is 29.2 Å². The molecule has 0 bridgehead atoms. The molecule has 4 aromatic rings. The van der Waals surface area contributed by atoms with Crippen LogP contribution in [-0.4, -0.2) is 32.7 Å². The van der Waals surface area contributed by atoms with Gasteiger partial charge >= 0.3 is 5.97 Å². The van der Waals surface area contributed by atoms with Crippen LogP contribution in [0.3, 0.4) is 0 Å². The molecular formula is C20H15N3O4S. The van der Waals surface area contributed by atoms with Gasteiger partial charge in [-0.05, 0) is 11.6 Å². The Balaban J connectivity index is 2.02. The minimum Gasteiger partial charge on any atom is -0.505 e. The molecule has 3 aromatic heterocycles. The van der Waals surface area contributed by atoms with Crippen LogP contribution in [0.1, 0.15) is 16.1 Å². The number of thiazole rings is 1. The first kappa shape index (κ1) is 17.9. The fourth-order valence-corrected chi connectivity index (χ4v) is 3.65. The third-order valence-electron chi connectivity index (χ3n) is 4.35. The average Bonchev–Trinajstić information content (AvgIpc) is 3.25. The van der Waals surface area contributed by atoms with Crippen molar-refractivity contribution in [3.63, 3.8) is 0 Å². The lowest BCUT2D eigenvalue weighted by molar-refractivity contribution is 0.0591. The lowest BCUT2D eigenvalue weighted by Crippen LogP contribution is -2.23. The number of methoxy groups -OCH3 is 1. The molecule has 0 saturated carbocycles. The molecule has 0 aliphatic carbocycles. The Hall–Kier alpha value is -3.52. The van der Waals surface area contributed by atoms with E-state index in [0.717, 1.165) is 5.56 Å². The predicted molar refractivity (Wildman–Crippen MR) is 106 cm³/mol. The number of carbonyl (C=O) groups excluding carboxylic acids is 1. The highest BCUT2D eigenvalue weighted by Gasteiger charge is 2.21. The van der Waals surface area contributed by atoms with E-state index in [1.54, 1.807) is 17.6 Å². The molecule has 4 rings (SSSR count). The number of esters is 1. The SMILES string of the molecule is COC(=O)c1ncc2c(cc(-c3nccs3)c(=O)n2Cc2ccccc2)c1O. The third kappa shape index (κ3) is 3.03. The first-order chi connectivity index (χ1) is 13.6. The summed E-state index contributed by atoms with van der Waals surface area (Å²) in [6.45, 7) is 0.286. The van der Waals surface area contributed by atoms with Gasteiger partial charge in [0.15, 0.2) is 11.4 Å². The molecule has 0 spiro atoms. The van der Waals surface area contributed by atoms with Gasteiger partial charge in [-0.25, -0.2) is 14.8 Å². The number of aromatic hydroxyl groups is 1. The van der Waals surface area contributed by atoms with E-state index >= 15 is 0 Å². The number of aromatic nitrogens is 3. The number of hydrogen-bond donors (Lipinski definition) is 1. The molecule has 28 heavy (non-hydrogen) atoms. The summed E-state index contributed by atoms with van der Waals surface area (Å²) in [6, 6.07) is 11.0. The molecule has 8 heteroatoms. The summed E-state index contributed by atoms with van der Waals surface area (Å²) in [5.41, 5.74) is 1.22. The van der Waals surface area contributed by atoms with Crippen LogP contribution in [-0.2, 0) is 11.3 Å².